The van der Waals surface area contributed by atoms with E-state index in [2.05, 4.69) is 5.32 Å². The van der Waals surface area contributed by atoms with Crippen LogP contribution in [0, 0.1) is 0 Å². The van der Waals surface area contributed by atoms with Crippen LogP contribution in [0.1, 0.15) is 32.3 Å². The highest BCUT2D eigenvalue weighted by atomic mass is 16.5. The maximum absolute atomic E-state index is 12.4. The second kappa shape index (κ2) is 6.73. The van der Waals surface area contributed by atoms with Crippen molar-refractivity contribution >= 4 is 18.0 Å². The molecule has 6 heteroatoms. The summed E-state index contributed by atoms with van der Waals surface area (Å²) in [5.74, 6) is -0.160. The molecule has 1 amide bonds. The summed E-state index contributed by atoms with van der Waals surface area (Å²) in [6.07, 6.45) is 2.70. The van der Waals surface area contributed by atoms with Crippen molar-refractivity contribution in [3.05, 3.63) is 29.3 Å². The predicted molar refractivity (Wildman–Crippen MR) is 85.6 cm³/mol. The van der Waals surface area contributed by atoms with Crippen LogP contribution in [0.4, 0.5) is 0 Å². The number of amides is 1. The maximum Gasteiger partial charge on any atom is 0.329 e. The van der Waals surface area contributed by atoms with Gasteiger partial charge in [0, 0.05) is 5.56 Å². The highest BCUT2D eigenvalue weighted by molar-refractivity contribution is 6.01. The summed E-state index contributed by atoms with van der Waals surface area (Å²) in [4.78, 5) is 23.8. The molecule has 1 aromatic rings. The Morgan fingerprint density at radius 1 is 1.43 bits per heavy atom. The molecule has 0 saturated carbocycles. The van der Waals surface area contributed by atoms with Gasteiger partial charge < -0.3 is 19.9 Å². The molecular formula is C17H21NO5. The summed E-state index contributed by atoms with van der Waals surface area (Å²) < 4.78 is 10.7. The van der Waals surface area contributed by atoms with Gasteiger partial charge in [0.05, 0.1) is 12.7 Å². The van der Waals surface area contributed by atoms with Gasteiger partial charge in [-0.05, 0) is 37.6 Å². The van der Waals surface area contributed by atoms with Gasteiger partial charge >= 0.3 is 5.97 Å². The fourth-order valence-corrected chi connectivity index (χ4v) is 2.47. The minimum Gasteiger partial charge on any atom is -0.497 e. The van der Waals surface area contributed by atoms with Crippen molar-refractivity contribution in [1.29, 1.82) is 0 Å². The molecule has 0 fully saturated rings. The molecule has 0 saturated heterocycles. The fraction of sp³-hybridized carbons (Fsp3) is 0.412. The van der Waals surface area contributed by atoms with Gasteiger partial charge in [-0.1, -0.05) is 13.3 Å². The first-order chi connectivity index (χ1) is 10.9. The largest absolute Gasteiger partial charge is 0.497 e. The lowest BCUT2D eigenvalue weighted by atomic mass is 9.95. The van der Waals surface area contributed by atoms with E-state index in [1.807, 2.05) is 6.92 Å². The van der Waals surface area contributed by atoms with Crippen molar-refractivity contribution in [1.82, 2.24) is 5.32 Å². The third kappa shape index (κ3) is 3.64. The van der Waals surface area contributed by atoms with Crippen molar-refractivity contribution < 1.29 is 24.2 Å². The molecule has 23 heavy (non-hydrogen) atoms. The maximum atomic E-state index is 12.4. The zero-order valence-corrected chi connectivity index (χ0v) is 13.5. The van der Waals surface area contributed by atoms with Crippen molar-refractivity contribution in [2.75, 3.05) is 13.7 Å². The Labute approximate surface area is 135 Å². The average Bonchev–Trinajstić information content (AvgIpc) is 2.53. The molecule has 6 nitrogen and oxygen atoms in total. The number of hydrogen-bond acceptors (Lipinski definition) is 4. The van der Waals surface area contributed by atoms with Crippen LogP contribution < -0.4 is 14.8 Å². The van der Waals surface area contributed by atoms with Gasteiger partial charge in [-0.15, -0.1) is 0 Å². The summed E-state index contributed by atoms with van der Waals surface area (Å²) in [6, 6.07) is 5.32. The number of hydrogen-bond donors (Lipinski definition) is 2. The Morgan fingerprint density at radius 2 is 2.17 bits per heavy atom. The van der Waals surface area contributed by atoms with Crippen molar-refractivity contribution in [2.45, 2.75) is 32.2 Å². The molecule has 1 heterocycles. The Bertz CT molecular complexity index is 652. The number of aliphatic carboxylic acids is 1. The molecule has 0 radical (unpaired) electrons. The van der Waals surface area contributed by atoms with Gasteiger partial charge in [0.25, 0.3) is 5.91 Å². The fourth-order valence-electron chi connectivity index (χ4n) is 2.47. The molecule has 0 aromatic heterocycles. The molecule has 0 spiro atoms. The van der Waals surface area contributed by atoms with E-state index in [-0.39, 0.29) is 6.61 Å². The monoisotopic (exact) mass is 319 g/mol. The minimum absolute atomic E-state index is 0.104. The number of methoxy groups -OCH3 is 1. The molecule has 0 aliphatic carbocycles. The third-order valence-electron chi connectivity index (χ3n) is 3.83. The SMILES string of the molecule is CCCC(C)(NC(=O)C1=Cc2cc(OC)ccc2OC1)C(=O)O. The third-order valence-corrected chi connectivity index (χ3v) is 3.83. The first kappa shape index (κ1) is 16.9. The quantitative estimate of drug-likeness (QED) is 0.840. The molecule has 1 atom stereocenters. The van der Waals surface area contributed by atoms with E-state index in [4.69, 9.17) is 9.47 Å². The second-order valence-electron chi connectivity index (χ2n) is 5.70. The average molecular weight is 319 g/mol. The standard InChI is InChI=1S/C17H21NO5/c1-4-7-17(2,16(20)21)18-15(19)12-8-11-9-13(22-3)5-6-14(11)23-10-12/h5-6,8-9H,4,7,10H2,1-3H3,(H,18,19)(H,20,21). The van der Waals surface area contributed by atoms with Crippen LogP contribution in [0.15, 0.2) is 23.8 Å². The number of fused-ring (bicyclic) bond motifs is 1. The lowest BCUT2D eigenvalue weighted by molar-refractivity contribution is -0.146. The number of carbonyl (C=O) groups is 2. The summed E-state index contributed by atoms with van der Waals surface area (Å²) in [7, 11) is 1.56. The lowest BCUT2D eigenvalue weighted by Crippen LogP contribution is -2.52. The number of carbonyl (C=O) groups excluding carboxylic acids is 1. The molecule has 124 valence electrons. The van der Waals surface area contributed by atoms with Crippen LogP contribution in [-0.2, 0) is 9.59 Å². The topological polar surface area (TPSA) is 84.9 Å². The van der Waals surface area contributed by atoms with Gasteiger partial charge in [-0.2, -0.15) is 0 Å². The summed E-state index contributed by atoms with van der Waals surface area (Å²) in [6.45, 7) is 3.49. The zero-order valence-electron chi connectivity index (χ0n) is 13.5. The first-order valence-corrected chi connectivity index (χ1v) is 7.47. The van der Waals surface area contributed by atoms with Crippen LogP contribution in [0.5, 0.6) is 11.5 Å². The summed E-state index contributed by atoms with van der Waals surface area (Å²) >= 11 is 0. The lowest BCUT2D eigenvalue weighted by Gasteiger charge is -2.27. The molecule has 2 N–H and O–H groups in total. The minimum atomic E-state index is -1.29. The van der Waals surface area contributed by atoms with Gasteiger partial charge in [-0.25, -0.2) is 4.79 Å². The van der Waals surface area contributed by atoms with Crippen LogP contribution in [0.3, 0.4) is 0 Å². The van der Waals surface area contributed by atoms with E-state index in [0.29, 0.717) is 29.9 Å². The zero-order chi connectivity index (χ0) is 17.0. The van der Waals surface area contributed by atoms with Crippen molar-refractivity contribution in [2.24, 2.45) is 0 Å². The smallest absolute Gasteiger partial charge is 0.329 e. The Kier molecular flexibility index (Phi) is 4.93. The highest BCUT2D eigenvalue weighted by Crippen LogP contribution is 2.30. The summed E-state index contributed by atoms with van der Waals surface area (Å²) in [5, 5.41) is 12.0. The van der Waals surface area contributed by atoms with Crippen LogP contribution in [-0.4, -0.2) is 36.2 Å². The van der Waals surface area contributed by atoms with E-state index in [1.54, 1.807) is 31.4 Å². The van der Waals surface area contributed by atoms with Crippen LogP contribution in [0.2, 0.25) is 0 Å². The molecule has 2 rings (SSSR count). The van der Waals surface area contributed by atoms with E-state index >= 15 is 0 Å². The van der Waals surface area contributed by atoms with Gasteiger partial charge in [0.15, 0.2) is 0 Å². The number of carboxylic acids is 1. The summed E-state index contributed by atoms with van der Waals surface area (Å²) in [5.41, 5.74) is -0.177. The first-order valence-electron chi connectivity index (χ1n) is 7.47. The molecule has 1 aliphatic rings. The second-order valence-corrected chi connectivity index (χ2v) is 5.70. The van der Waals surface area contributed by atoms with Gasteiger partial charge in [-0.3, -0.25) is 4.79 Å². The van der Waals surface area contributed by atoms with Gasteiger partial charge in [0.1, 0.15) is 23.6 Å². The van der Waals surface area contributed by atoms with Crippen molar-refractivity contribution in [3.63, 3.8) is 0 Å². The molecule has 1 unspecified atom stereocenters. The molecule has 1 aromatic carbocycles. The molecule has 1 aliphatic heterocycles. The highest BCUT2D eigenvalue weighted by Gasteiger charge is 2.35. The number of carboxylic acid groups (broad SMARTS) is 1. The number of rotatable bonds is 6. The Balaban J connectivity index is 2.22. The normalized spacial score (nSPS) is 15.5. The van der Waals surface area contributed by atoms with Crippen LogP contribution >= 0.6 is 0 Å². The molecule has 0 bridgehead atoms. The number of nitrogens with one attached hydrogen (secondary N) is 1. The van der Waals surface area contributed by atoms with E-state index in [0.717, 1.165) is 5.56 Å². The number of ether oxygens (including phenoxy) is 2. The van der Waals surface area contributed by atoms with E-state index < -0.39 is 17.4 Å². The predicted octanol–water partition coefficient (Wildman–Crippen LogP) is 2.23. The van der Waals surface area contributed by atoms with Crippen molar-refractivity contribution in [3.8, 4) is 11.5 Å². The molecular weight excluding hydrogens is 298 g/mol. The van der Waals surface area contributed by atoms with E-state index in [1.165, 1.54) is 6.92 Å². The van der Waals surface area contributed by atoms with E-state index in [9.17, 15) is 14.7 Å². The number of benzene rings is 1. The van der Waals surface area contributed by atoms with Crippen LogP contribution in [0.25, 0.3) is 6.08 Å². The van der Waals surface area contributed by atoms with Gasteiger partial charge in [0.2, 0.25) is 0 Å². The Hall–Kier alpha value is -2.50. The Morgan fingerprint density at radius 3 is 2.78 bits per heavy atom.